The minimum atomic E-state index is 0.950. The molecule has 2 aromatic heterocycles. The minimum Gasteiger partial charge on any atom is -0.402 e. The zero-order chi connectivity index (χ0) is 16.2. The van der Waals surface area contributed by atoms with Gasteiger partial charge in [0.25, 0.3) is 0 Å². The maximum Gasteiger partial charge on any atom is 0.392 e. The third-order valence-corrected chi connectivity index (χ3v) is 4.11. The molecule has 0 bridgehead atoms. The molecule has 4 heterocycles. The van der Waals surface area contributed by atoms with E-state index in [4.69, 9.17) is 0 Å². The van der Waals surface area contributed by atoms with Crippen LogP contribution in [0.1, 0.15) is 0 Å². The van der Waals surface area contributed by atoms with Crippen LogP contribution >= 0.6 is 0 Å². The van der Waals surface area contributed by atoms with Gasteiger partial charge in [0.1, 0.15) is 11.6 Å². The Bertz CT molecular complexity index is 624. The van der Waals surface area contributed by atoms with Crippen molar-refractivity contribution in [3.8, 4) is 0 Å². The van der Waals surface area contributed by atoms with Crippen molar-refractivity contribution >= 4 is 26.7 Å². The highest BCUT2D eigenvalue weighted by atomic mass is 15.3. The molecule has 4 rings (SSSR count). The Kier molecular flexibility index (Phi) is 4.27. The standard InChI is InChI=1S/C16H18B2N6/c1-3-7-19-15(5-1)23-13-11-21(17-23)9-10-22-12-14-24(18-22)16-6-2-4-8-20-16/h1-10H,11-14H2/b10-9-. The molecule has 24 heavy (non-hydrogen) atoms. The van der Waals surface area contributed by atoms with E-state index < -0.39 is 0 Å². The monoisotopic (exact) mass is 316 g/mol. The van der Waals surface area contributed by atoms with Gasteiger partial charge in [-0.3, -0.25) is 0 Å². The molecule has 2 aliphatic rings. The lowest BCUT2D eigenvalue weighted by atomic mass is 10.1. The molecular formula is C16H18B2N6. The van der Waals surface area contributed by atoms with E-state index in [-0.39, 0.29) is 0 Å². The van der Waals surface area contributed by atoms with E-state index in [1.807, 2.05) is 48.8 Å². The maximum atomic E-state index is 4.39. The normalized spacial score (nSPS) is 17.5. The van der Waals surface area contributed by atoms with Crippen molar-refractivity contribution in [2.24, 2.45) is 0 Å². The van der Waals surface area contributed by atoms with Crippen LogP contribution in [0.3, 0.4) is 0 Å². The summed E-state index contributed by atoms with van der Waals surface area (Å²) in [5.74, 6) is 1.98. The minimum absolute atomic E-state index is 0.950. The molecule has 2 fully saturated rings. The molecule has 6 nitrogen and oxygen atoms in total. The Morgan fingerprint density at radius 2 is 1.21 bits per heavy atom. The predicted octanol–water partition coefficient (Wildman–Crippen LogP) is 0.960. The number of aromatic nitrogens is 2. The number of hydrogen-bond donors (Lipinski definition) is 0. The maximum absolute atomic E-state index is 4.39. The highest BCUT2D eigenvalue weighted by Gasteiger charge is 2.24. The SMILES string of the molecule is [B]1N(/C=C\N2[B]N(c3ccccn3)CC2)CCN1c1ccccn1. The zero-order valence-corrected chi connectivity index (χ0v) is 13.4. The molecule has 118 valence electrons. The fourth-order valence-corrected chi connectivity index (χ4v) is 2.83. The van der Waals surface area contributed by atoms with Crippen molar-refractivity contribution in [2.75, 3.05) is 35.8 Å². The third kappa shape index (κ3) is 3.32. The lowest BCUT2D eigenvalue weighted by Crippen LogP contribution is -2.29. The average molecular weight is 316 g/mol. The van der Waals surface area contributed by atoms with Gasteiger partial charge in [-0.15, -0.1) is 0 Å². The average Bonchev–Trinajstić information content (AvgIpc) is 3.31. The van der Waals surface area contributed by atoms with Crippen molar-refractivity contribution in [2.45, 2.75) is 0 Å². The summed E-state index contributed by atoms with van der Waals surface area (Å²) < 4.78 is 0. The second-order valence-corrected chi connectivity index (χ2v) is 5.77. The quantitative estimate of drug-likeness (QED) is 0.783. The molecule has 0 amide bonds. The van der Waals surface area contributed by atoms with Crippen LogP contribution in [0, 0.1) is 0 Å². The van der Waals surface area contributed by atoms with Crippen LogP contribution in [-0.4, -0.2) is 60.9 Å². The smallest absolute Gasteiger partial charge is 0.392 e. The van der Waals surface area contributed by atoms with Gasteiger partial charge < -0.3 is 19.2 Å². The Morgan fingerprint density at radius 3 is 1.62 bits per heavy atom. The predicted molar refractivity (Wildman–Crippen MR) is 97.2 cm³/mol. The van der Waals surface area contributed by atoms with Crippen LogP contribution in [0.15, 0.2) is 61.2 Å². The molecule has 2 saturated heterocycles. The Morgan fingerprint density at radius 1 is 0.708 bits per heavy atom. The van der Waals surface area contributed by atoms with E-state index in [0.717, 1.165) is 37.8 Å². The Balaban J connectivity index is 1.31. The summed E-state index contributed by atoms with van der Waals surface area (Å²) in [7, 11) is 4.21. The molecule has 0 spiro atoms. The first-order valence-corrected chi connectivity index (χ1v) is 8.14. The lowest BCUT2D eigenvalue weighted by Gasteiger charge is -2.17. The zero-order valence-electron chi connectivity index (χ0n) is 13.4. The topological polar surface area (TPSA) is 38.7 Å². The summed E-state index contributed by atoms with van der Waals surface area (Å²) in [4.78, 5) is 17.5. The van der Waals surface area contributed by atoms with Gasteiger partial charge >= 0.3 is 15.1 Å². The fraction of sp³-hybridized carbons (Fsp3) is 0.250. The number of nitrogens with zero attached hydrogens (tertiary/aromatic N) is 6. The molecule has 2 radical (unpaired) electrons. The molecule has 0 aromatic carbocycles. The molecule has 2 aromatic rings. The number of hydrogen-bond acceptors (Lipinski definition) is 6. The molecular weight excluding hydrogens is 298 g/mol. The second-order valence-electron chi connectivity index (χ2n) is 5.77. The van der Waals surface area contributed by atoms with E-state index >= 15 is 0 Å². The van der Waals surface area contributed by atoms with E-state index in [0.29, 0.717) is 0 Å². The molecule has 2 aliphatic heterocycles. The van der Waals surface area contributed by atoms with Gasteiger partial charge in [0.2, 0.25) is 0 Å². The Hall–Kier alpha value is -2.63. The van der Waals surface area contributed by atoms with Crippen molar-refractivity contribution in [3.63, 3.8) is 0 Å². The van der Waals surface area contributed by atoms with E-state index in [1.165, 1.54) is 0 Å². The van der Waals surface area contributed by atoms with E-state index in [2.05, 4.69) is 56.7 Å². The lowest BCUT2D eigenvalue weighted by molar-refractivity contribution is 0.597. The van der Waals surface area contributed by atoms with Crippen LogP contribution in [0.25, 0.3) is 0 Å². The summed E-state index contributed by atoms with van der Waals surface area (Å²) in [6, 6.07) is 12.0. The number of rotatable bonds is 4. The summed E-state index contributed by atoms with van der Waals surface area (Å²) in [6.45, 7) is 3.83. The second kappa shape index (κ2) is 6.86. The Labute approximate surface area is 144 Å². The molecule has 0 aliphatic carbocycles. The van der Waals surface area contributed by atoms with Gasteiger partial charge in [-0.2, -0.15) is 0 Å². The third-order valence-electron chi connectivity index (χ3n) is 4.11. The fourth-order valence-electron chi connectivity index (χ4n) is 2.83. The van der Waals surface area contributed by atoms with Crippen molar-refractivity contribution in [1.82, 2.24) is 19.6 Å². The number of anilines is 2. The molecule has 0 atom stereocenters. The van der Waals surface area contributed by atoms with Crippen molar-refractivity contribution in [1.29, 1.82) is 0 Å². The molecule has 0 unspecified atom stereocenters. The first-order chi connectivity index (χ1) is 11.9. The largest absolute Gasteiger partial charge is 0.402 e. The molecule has 0 saturated carbocycles. The van der Waals surface area contributed by atoms with Gasteiger partial charge in [-0.05, 0) is 24.3 Å². The molecule has 0 N–H and O–H groups in total. The van der Waals surface area contributed by atoms with Crippen LogP contribution in [0.2, 0.25) is 0 Å². The van der Waals surface area contributed by atoms with Crippen LogP contribution in [0.5, 0.6) is 0 Å². The van der Waals surface area contributed by atoms with E-state index in [9.17, 15) is 0 Å². The van der Waals surface area contributed by atoms with Gasteiger partial charge in [0.05, 0.1) is 0 Å². The highest BCUT2D eigenvalue weighted by molar-refractivity contribution is 6.40. The van der Waals surface area contributed by atoms with Crippen molar-refractivity contribution in [3.05, 3.63) is 61.2 Å². The van der Waals surface area contributed by atoms with Gasteiger partial charge in [0, 0.05) is 51.0 Å². The van der Waals surface area contributed by atoms with Gasteiger partial charge in [-0.1, -0.05) is 12.1 Å². The summed E-state index contributed by atoms with van der Waals surface area (Å²) in [5, 5.41) is 0. The molecule has 8 heteroatoms. The van der Waals surface area contributed by atoms with Crippen LogP contribution in [0.4, 0.5) is 11.6 Å². The highest BCUT2D eigenvalue weighted by Crippen LogP contribution is 2.15. The van der Waals surface area contributed by atoms with Crippen LogP contribution < -0.4 is 9.62 Å². The van der Waals surface area contributed by atoms with Gasteiger partial charge in [0.15, 0.2) is 0 Å². The van der Waals surface area contributed by atoms with Gasteiger partial charge in [-0.25, -0.2) is 9.97 Å². The van der Waals surface area contributed by atoms with E-state index in [1.54, 1.807) is 0 Å². The van der Waals surface area contributed by atoms with Crippen molar-refractivity contribution < 1.29 is 0 Å². The first-order valence-electron chi connectivity index (χ1n) is 8.14. The summed E-state index contributed by atoms with van der Waals surface area (Å²) >= 11 is 0. The van der Waals surface area contributed by atoms with Crippen LogP contribution in [-0.2, 0) is 0 Å². The first kappa shape index (κ1) is 14.9. The summed E-state index contributed by atoms with van der Waals surface area (Å²) in [6.07, 6.45) is 7.88. The number of pyridine rings is 2. The summed E-state index contributed by atoms with van der Waals surface area (Å²) in [5.41, 5.74) is 0.